The van der Waals surface area contributed by atoms with Gasteiger partial charge >= 0.3 is 5.97 Å². The van der Waals surface area contributed by atoms with Gasteiger partial charge < -0.3 is 14.8 Å². The molecule has 0 saturated heterocycles. The summed E-state index contributed by atoms with van der Waals surface area (Å²) >= 11 is 0. The van der Waals surface area contributed by atoms with Crippen LogP contribution in [0.5, 0.6) is 5.75 Å². The van der Waals surface area contributed by atoms with Crippen LogP contribution in [0.4, 0.5) is 14.5 Å². The van der Waals surface area contributed by atoms with Gasteiger partial charge in [-0.3, -0.25) is 4.79 Å². The molecule has 7 heteroatoms. The molecule has 2 aromatic rings. The van der Waals surface area contributed by atoms with Crippen molar-refractivity contribution in [1.29, 1.82) is 0 Å². The fourth-order valence-electron chi connectivity index (χ4n) is 2.05. The first-order valence-electron chi connectivity index (χ1n) is 7.98. The predicted molar refractivity (Wildman–Crippen MR) is 92.0 cm³/mol. The van der Waals surface area contributed by atoms with E-state index in [-0.39, 0.29) is 12.3 Å². The van der Waals surface area contributed by atoms with E-state index in [0.717, 1.165) is 17.7 Å². The normalized spacial score (nSPS) is 10.5. The van der Waals surface area contributed by atoms with Gasteiger partial charge in [0.1, 0.15) is 5.75 Å². The van der Waals surface area contributed by atoms with Gasteiger partial charge in [-0.2, -0.15) is 0 Å². The molecule has 1 amide bonds. The van der Waals surface area contributed by atoms with Gasteiger partial charge in [-0.25, -0.2) is 13.6 Å². The van der Waals surface area contributed by atoms with Gasteiger partial charge in [-0.05, 0) is 35.7 Å². The molecule has 1 N–H and O–H groups in total. The third kappa shape index (κ3) is 5.84. The monoisotopic (exact) mass is 363 g/mol. The zero-order valence-corrected chi connectivity index (χ0v) is 14.4. The first-order chi connectivity index (χ1) is 12.3. The first-order valence-corrected chi connectivity index (χ1v) is 7.98. The van der Waals surface area contributed by atoms with Crippen LogP contribution in [0.3, 0.4) is 0 Å². The lowest BCUT2D eigenvalue weighted by Gasteiger charge is -2.09. The Morgan fingerprint density at radius 2 is 1.69 bits per heavy atom. The maximum Gasteiger partial charge on any atom is 0.344 e. The second kappa shape index (κ2) is 8.94. The molecule has 0 heterocycles. The average molecular weight is 363 g/mol. The van der Waals surface area contributed by atoms with Gasteiger partial charge in [-0.1, -0.05) is 26.0 Å². The number of benzene rings is 2. The highest BCUT2D eigenvalue weighted by Gasteiger charge is 2.10. The van der Waals surface area contributed by atoms with Crippen molar-refractivity contribution in [3.63, 3.8) is 0 Å². The minimum Gasteiger partial charge on any atom is -0.482 e. The van der Waals surface area contributed by atoms with Crippen molar-refractivity contribution >= 4 is 17.6 Å². The van der Waals surface area contributed by atoms with Gasteiger partial charge in [0, 0.05) is 11.8 Å². The highest BCUT2D eigenvalue weighted by Crippen LogP contribution is 2.18. The summed E-state index contributed by atoms with van der Waals surface area (Å²) in [6.07, 6.45) is 0. The molecule has 0 atom stereocenters. The van der Waals surface area contributed by atoms with Crippen LogP contribution < -0.4 is 10.1 Å². The number of halogens is 2. The summed E-state index contributed by atoms with van der Waals surface area (Å²) in [5.41, 5.74) is 1.21. The van der Waals surface area contributed by atoms with Gasteiger partial charge in [0.05, 0.1) is 0 Å². The maximum atomic E-state index is 13.0. The Morgan fingerprint density at radius 3 is 2.31 bits per heavy atom. The van der Waals surface area contributed by atoms with Gasteiger partial charge in [0.2, 0.25) is 0 Å². The van der Waals surface area contributed by atoms with E-state index in [2.05, 4.69) is 19.2 Å². The SMILES string of the molecule is CC(C)c1ccc(OCC(=O)OCC(=O)Nc2ccc(F)c(F)c2)cc1. The van der Waals surface area contributed by atoms with Crippen LogP contribution in [0.2, 0.25) is 0 Å². The quantitative estimate of drug-likeness (QED) is 0.763. The lowest BCUT2D eigenvalue weighted by molar-refractivity contribution is -0.149. The molecule has 2 rings (SSSR count). The van der Waals surface area contributed by atoms with E-state index < -0.39 is 30.1 Å². The molecule has 0 unspecified atom stereocenters. The standard InChI is InChI=1S/C19H19F2NO4/c1-12(2)13-3-6-15(7-4-13)25-11-19(24)26-10-18(23)22-14-5-8-16(20)17(21)9-14/h3-9,12H,10-11H2,1-2H3,(H,22,23). The number of ether oxygens (including phenoxy) is 2. The average Bonchev–Trinajstić information content (AvgIpc) is 2.61. The van der Waals surface area contributed by atoms with Crippen LogP contribution in [0.25, 0.3) is 0 Å². The van der Waals surface area contributed by atoms with Crippen LogP contribution >= 0.6 is 0 Å². The van der Waals surface area contributed by atoms with Crippen molar-refractivity contribution < 1.29 is 27.8 Å². The Kier molecular flexibility index (Phi) is 6.66. The highest BCUT2D eigenvalue weighted by atomic mass is 19.2. The predicted octanol–water partition coefficient (Wildman–Crippen LogP) is 3.65. The van der Waals surface area contributed by atoms with Crippen molar-refractivity contribution in [1.82, 2.24) is 0 Å². The number of carbonyl (C=O) groups is 2. The molecule has 2 aromatic carbocycles. The first kappa shape index (κ1) is 19.4. The molecular weight excluding hydrogens is 344 g/mol. The minimum absolute atomic E-state index is 0.0615. The molecule has 0 aromatic heterocycles. The van der Waals surface area contributed by atoms with E-state index in [1.54, 1.807) is 12.1 Å². The van der Waals surface area contributed by atoms with Crippen molar-refractivity contribution in [2.24, 2.45) is 0 Å². The highest BCUT2D eigenvalue weighted by molar-refractivity contribution is 5.92. The van der Waals surface area contributed by atoms with Gasteiger partial charge in [0.15, 0.2) is 24.8 Å². The van der Waals surface area contributed by atoms with Crippen molar-refractivity contribution in [3.05, 3.63) is 59.7 Å². The zero-order valence-electron chi connectivity index (χ0n) is 14.4. The third-order valence-corrected chi connectivity index (χ3v) is 3.47. The number of amides is 1. The molecule has 0 radical (unpaired) electrons. The number of carbonyl (C=O) groups excluding carboxylic acids is 2. The maximum absolute atomic E-state index is 13.0. The molecule has 0 aliphatic carbocycles. The molecule has 0 fully saturated rings. The minimum atomic E-state index is -1.09. The molecule has 0 saturated carbocycles. The Hall–Kier alpha value is -2.96. The Bertz CT molecular complexity index is 776. The number of rotatable bonds is 7. The van der Waals surface area contributed by atoms with Crippen LogP contribution in [-0.2, 0) is 14.3 Å². The number of esters is 1. The largest absolute Gasteiger partial charge is 0.482 e. The number of hydrogen-bond donors (Lipinski definition) is 1. The summed E-state index contributed by atoms with van der Waals surface area (Å²) in [7, 11) is 0. The van der Waals surface area contributed by atoms with Gasteiger partial charge in [0.25, 0.3) is 5.91 Å². The van der Waals surface area contributed by atoms with Crippen LogP contribution in [0.1, 0.15) is 25.3 Å². The van der Waals surface area contributed by atoms with Crippen LogP contribution in [-0.4, -0.2) is 25.1 Å². The summed E-state index contributed by atoms with van der Waals surface area (Å²) in [6, 6.07) is 10.2. The topological polar surface area (TPSA) is 64.6 Å². The third-order valence-electron chi connectivity index (χ3n) is 3.47. The van der Waals surface area contributed by atoms with E-state index in [9.17, 15) is 18.4 Å². The fraction of sp³-hybridized carbons (Fsp3) is 0.263. The van der Waals surface area contributed by atoms with Crippen LogP contribution in [0, 0.1) is 11.6 Å². The Labute approximate surface area is 149 Å². The summed E-state index contributed by atoms with van der Waals surface area (Å²) in [5.74, 6) is -2.60. The van der Waals surface area contributed by atoms with E-state index >= 15 is 0 Å². The molecule has 26 heavy (non-hydrogen) atoms. The second-order valence-corrected chi connectivity index (χ2v) is 5.85. The smallest absolute Gasteiger partial charge is 0.344 e. The lowest BCUT2D eigenvalue weighted by Crippen LogP contribution is -2.23. The van der Waals surface area contributed by atoms with Crippen LogP contribution in [0.15, 0.2) is 42.5 Å². The number of nitrogens with one attached hydrogen (secondary N) is 1. The summed E-state index contributed by atoms with van der Waals surface area (Å²) in [4.78, 5) is 23.3. The lowest BCUT2D eigenvalue weighted by atomic mass is 10.0. The molecular formula is C19H19F2NO4. The Balaban J connectivity index is 1.73. The summed E-state index contributed by atoms with van der Waals surface area (Å²) < 4.78 is 35.9. The molecule has 0 aliphatic heterocycles. The number of hydrogen-bond acceptors (Lipinski definition) is 4. The van der Waals surface area contributed by atoms with Gasteiger partial charge in [-0.15, -0.1) is 0 Å². The van der Waals surface area contributed by atoms with E-state index in [1.807, 2.05) is 12.1 Å². The zero-order chi connectivity index (χ0) is 19.1. The van der Waals surface area contributed by atoms with E-state index in [4.69, 9.17) is 9.47 Å². The fourth-order valence-corrected chi connectivity index (χ4v) is 2.05. The van der Waals surface area contributed by atoms with Crippen molar-refractivity contribution in [2.75, 3.05) is 18.5 Å². The number of anilines is 1. The molecule has 0 bridgehead atoms. The van der Waals surface area contributed by atoms with Crippen molar-refractivity contribution in [2.45, 2.75) is 19.8 Å². The molecule has 0 spiro atoms. The molecule has 138 valence electrons. The van der Waals surface area contributed by atoms with Crippen molar-refractivity contribution in [3.8, 4) is 5.75 Å². The van der Waals surface area contributed by atoms with E-state index in [0.29, 0.717) is 11.7 Å². The van der Waals surface area contributed by atoms with E-state index in [1.165, 1.54) is 6.07 Å². The Morgan fingerprint density at radius 1 is 1.00 bits per heavy atom. The summed E-state index contributed by atoms with van der Waals surface area (Å²) in [5, 5.41) is 2.29. The summed E-state index contributed by atoms with van der Waals surface area (Å²) in [6.45, 7) is 3.23. The second-order valence-electron chi connectivity index (χ2n) is 5.85. The molecule has 0 aliphatic rings. The molecule has 5 nitrogen and oxygen atoms in total.